The minimum Gasteiger partial charge on any atom is -0.489 e. The molecular weight excluding hydrogens is 183 g/mol. The van der Waals surface area contributed by atoms with Gasteiger partial charge in [-0.2, -0.15) is 0 Å². The van der Waals surface area contributed by atoms with Gasteiger partial charge in [0.05, 0.1) is 6.10 Å². The first-order chi connectivity index (χ1) is 6.65. The van der Waals surface area contributed by atoms with Crippen LogP contribution in [0, 0.1) is 5.82 Å². The maximum absolute atomic E-state index is 13.3. The van der Waals surface area contributed by atoms with E-state index in [9.17, 15) is 9.50 Å². The summed E-state index contributed by atoms with van der Waals surface area (Å²) >= 11 is 0. The molecule has 1 N–H and O–H groups in total. The van der Waals surface area contributed by atoms with Crippen LogP contribution in [0.3, 0.4) is 0 Å². The Bertz CT molecular complexity index is 321. The minimum atomic E-state index is -0.802. The molecular formula is C11H13FO2. The second kappa shape index (κ2) is 4.77. The molecule has 0 radical (unpaired) electrons. The smallest absolute Gasteiger partial charge is 0.132 e. The molecule has 1 atom stereocenters. The highest BCUT2D eigenvalue weighted by atomic mass is 19.1. The molecule has 0 aliphatic heterocycles. The van der Waals surface area contributed by atoms with Crippen molar-refractivity contribution in [2.45, 2.75) is 13.0 Å². The van der Waals surface area contributed by atoms with Crippen LogP contribution in [0.25, 0.3) is 0 Å². The summed E-state index contributed by atoms with van der Waals surface area (Å²) < 4.78 is 18.4. The van der Waals surface area contributed by atoms with E-state index in [1.807, 2.05) is 0 Å². The number of hydrogen-bond acceptors (Lipinski definition) is 2. The molecule has 0 aromatic heterocycles. The number of halogens is 1. The van der Waals surface area contributed by atoms with Crippen LogP contribution in [0.15, 0.2) is 30.9 Å². The molecule has 0 fully saturated rings. The third-order valence-corrected chi connectivity index (χ3v) is 1.79. The van der Waals surface area contributed by atoms with Crippen LogP contribution >= 0.6 is 0 Å². The number of ether oxygens (including phenoxy) is 1. The van der Waals surface area contributed by atoms with Crippen molar-refractivity contribution in [3.05, 3.63) is 42.2 Å². The molecule has 0 saturated heterocycles. The van der Waals surface area contributed by atoms with E-state index in [0.29, 0.717) is 12.4 Å². The summed E-state index contributed by atoms with van der Waals surface area (Å²) in [5.74, 6) is -0.0200. The number of hydrogen-bond donors (Lipinski definition) is 1. The largest absolute Gasteiger partial charge is 0.489 e. The molecule has 0 heterocycles. The Hall–Kier alpha value is -1.35. The Morgan fingerprint density at radius 3 is 2.86 bits per heavy atom. The fraction of sp³-hybridized carbons (Fsp3) is 0.273. The fourth-order valence-corrected chi connectivity index (χ4v) is 1.09. The van der Waals surface area contributed by atoms with Gasteiger partial charge in [0.1, 0.15) is 18.2 Å². The molecule has 76 valence electrons. The van der Waals surface area contributed by atoms with Crippen molar-refractivity contribution >= 4 is 0 Å². The van der Waals surface area contributed by atoms with Gasteiger partial charge in [0.2, 0.25) is 0 Å². The van der Waals surface area contributed by atoms with Crippen LogP contribution in [0.2, 0.25) is 0 Å². The molecule has 1 aromatic rings. The Balaban J connectivity index is 2.83. The van der Waals surface area contributed by atoms with Gasteiger partial charge in [-0.25, -0.2) is 4.39 Å². The SMILES string of the molecule is C=CCOc1ccc([C@@H](C)O)c(F)c1. The monoisotopic (exact) mass is 196 g/mol. The lowest BCUT2D eigenvalue weighted by Gasteiger charge is -2.08. The molecule has 0 unspecified atom stereocenters. The summed E-state index contributed by atoms with van der Waals surface area (Å²) in [6.07, 6.45) is 0.781. The van der Waals surface area contributed by atoms with Gasteiger partial charge in [0, 0.05) is 11.6 Å². The van der Waals surface area contributed by atoms with Crippen molar-refractivity contribution < 1.29 is 14.2 Å². The molecule has 1 rings (SSSR count). The van der Waals surface area contributed by atoms with Crippen LogP contribution < -0.4 is 4.74 Å². The lowest BCUT2D eigenvalue weighted by molar-refractivity contribution is 0.194. The van der Waals surface area contributed by atoms with E-state index in [1.165, 1.54) is 19.1 Å². The van der Waals surface area contributed by atoms with Gasteiger partial charge in [0.25, 0.3) is 0 Å². The Morgan fingerprint density at radius 2 is 2.36 bits per heavy atom. The standard InChI is InChI=1S/C11H13FO2/c1-3-6-14-9-4-5-10(8(2)13)11(12)7-9/h3-5,7-8,13H,1,6H2,2H3/t8-/m1/s1. The zero-order chi connectivity index (χ0) is 10.6. The van der Waals surface area contributed by atoms with Crippen LogP contribution in [0.1, 0.15) is 18.6 Å². The average molecular weight is 196 g/mol. The lowest BCUT2D eigenvalue weighted by atomic mass is 10.1. The molecule has 0 saturated carbocycles. The highest BCUT2D eigenvalue weighted by molar-refractivity contribution is 5.30. The van der Waals surface area contributed by atoms with Gasteiger partial charge in [-0.15, -0.1) is 0 Å². The van der Waals surface area contributed by atoms with Crippen molar-refractivity contribution in [3.8, 4) is 5.75 Å². The molecule has 2 nitrogen and oxygen atoms in total. The second-order valence-electron chi connectivity index (χ2n) is 2.96. The third kappa shape index (κ3) is 2.57. The normalized spacial score (nSPS) is 12.2. The van der Waals surface area contributed by atoms with E-state index in [-0.39, 0.29) is 5.56 Å². The van der Waals surface area contributed by atoms with Gasteiger partial charge < -0.3 is 9.84 Å². The maximum Gasteiger partial charge on any atom is 0.132 e. The predicted molar refractivity (Wildman–Crippen MR) is 52.7 cm³/mol. The first kappa shape index (κ1) is 10.7. The predicted octanol–water partition coefficient (Wildman–Crippen LogP) is 2.44. The average Bonchev–Trinajstić information content (AvgIpc) is 2.14. The highest BCUT2D eigenvalue weighted by Crippen LogP contribution is 2.21. The van der Waals surface area contributed by atoms with Crippen LogP contribution in [0.5, 0.6) is 5.75 Å². The van der Waals surface area contributed by atoms with E-state index >= 15 is 0 Å². The zero-order valence-corrected chi connectivity index (χ0v) is 8.03. The molecule has 1 aromatic carbocycles. The van der Waals surface area contributed by atoms with Gasteiger partial charge in [-0.3, -0.25) is 0 Å². The van der Waals surface area contributed by atoms with E-state index in [1.54, 1.807) is 12.1 Å². The van der Waals surface area contributed by atoms with Crippen molar-refractivity contribution in [1.82, 2.24) is 0 Å². The highest BCUT2D eigenvalue weighted by Gasteiger charge is 2.08. The van der Waals surface area contributed by atoms with Crippen molar-refractivity contribution in [3.63, 3.8) is 0 Å². The minimum absolute atomic E-state index is 0.274. The van der Waals surface area contributed by atoms with Gasteiger partial charge in [0.15, 0.2) is 0 Å². The fourth-order valence-electron chi connectivity index (χ4n) is 1.09. The first-order valence-electron chi connectivity index (χ1n) is 4.36. The van der Waals surface area contributed by atoms with Crippen LogP contribution in [0.4, 0.5) is 4.39 Å². The molecule has 0 aliphatic carbocycles. The van der Waals surface area contributed by atoms with E-state index in [4.69, 9.17) is 4.74 Å². The molecule has 3 heteroatoms. The van der Waals surface area contributed by atoms with Crippen LogP contribution in [-0.2, 0) is 0 Å². The second-order valence-corrected chi connectivity index (χ2v) is 2.96. The summed E-state index contributed by atoms with van der Waals surface area (Å²) in [6, 6.07) is 4.39. The Labute approximate surface area is 82.6 Å². The van der Waals surface area contributed by atoms with Crippen molar-refractivity contribution in [2.24, 2.45) is 0 Å². The lowest BCUT2D eigenvalue weighted by Crippen LogP contribution is -1.98. The number of aliphatic hydroxyl groups excluding tert-OH is 1. The topological polar surface area (TPSA) is 29.5 Å². The number of rotatable bonds is 4. The van der Waals surface area contributed by atoms with E-state index in [2.05, 4.69) is 6.58 Å². The quantitative estimate of drug-likeness (QED) is 0.749. The maximum atomic E-state index is 13.3. The zero-order valence-electron chi connectivity index (χ0n) is 8.03. The summed E-state index contributed by atoms with van der Waals surface area (Å²) in [5.41, 5.74) is 0.274. The van der Waals surface area contributed by atoms with Crippen LogP contribution in [-0.4, -0.2) is 11.7 Å². The van der Waals surface area contributed by atoms with Crippen molar-refractivity contribution in [1.29, 1.82) is 0 Å². The molecule has 0 bridgehead atoms. The number of benzene rings is 1. The number of aliphatic hydroxyl groups is 1. The van der Waals surface area contributed by atoms with E-state index < -0.39 is 11.9 Å². The Kier molecular flexibility index (Phi) is 3.65. The van der Waals surface area contributed by atoms with Gasteiger partial charge >= 0.3 is 0 Å². The summed E-state index contributed by atoms with van der Waals surface area (Å²) in [7, 11) is 0. The Morgan fingerprint density at radius 1 is 1.64 bits per heavy atom. The summed E-state index contributed by atoms with van der Waals surface area (Å²) in [6.45, 7) is 5.34. The third-order valence-electron chi connectivity index (χ3n) is 1.79. The van der Waals surface area contributed by atoms with Gasteiger partial charge in [-0.1, -0.05) is 12.7 Å². The molecule has 0 amide bonds. The summed E-state index contributed by atoms with van der Waals surface area (Å²) in [4.78, 5) is 0. The van der Waals surface area contributed by atoms with E-state index in [0.717, 1.165) is 0 Å². The van der Waals surface area contributed by atoms with Crippen molar-refractivity contribution in [2.75, 3.05) is 6.61 Å². The van der Waals surface area contributed by atoms with Gasteiger partial charge in [-0.05, 0) is 19.1 Å². The molecule has 14 heavy (non-hydrogen) atoms. The first-order valence-corrected chi connectivity index (χ1v) is 4.36. The molecule has 0 spiro atoms. The molecule has 0 aliphatic rings. The summed E-state index contributed by atoms with van der Waals surface area (Å²) in [5, 5.41) is 9.17.